The van der Waals surface area contributed by atoms with E-state index < -0.39 is 29.2 Å². The molecule has 1 fully saturated rings. The molecule has 0 saturated carbocycles. The van der Waals surface area contributed by atoms with Gasteiger partial charge < -0.3 is 21.0 Å². The minimum Gasteiger partial charge on any atom is -0.477 e. The number of β-lactam (4-membered cyclic amide) rings is 1. The van der Waals surface area contributed by atoms with Crippen molar-refractivity contribution in [3.05, 3.63) is 17.1 Å². The van der Waals surface area contributed by atoms with E-state index >= 15 is 0 Å². The quantitative estimate of drug-likeness (QED) is 0.231. The molecule has 3 rings (SSSR count). The summed E-state index contributed by atoms with van der Waals surface area (Å²) in [7, 11) is 0. The number of fused-ring (bicyclic) bond motifs is 1. The molecule has 1 aromatic rings. The van der Waals surface area contributed by atoms with Gasteiger partial charge in [0.25, 0.3) is 11.8 Å². The fourth-order valence-corrected chi connectivity index (χ4v) is 4.31. The monoisotopic (exact) mass is 422 g/mol. The number of carbonyl (C=O) groups excluding carboxylic acids is 2. The summed E-state index contributed by atoms with van der Waals surface area (Å²) in [6.45, 7) is 1.88. The molecule has 2 atom stereocenters. The minimum atomic E-state index is -1.29. The number of anilines is 1. The van der Waals surface area contributed by atoms with Crippen molar-refractivity contribution in [2.24, 2.45) is 5.16 Å². The summed E-state index contributed by atoms with van der Waals surface area (Å²) in [5.74, 6) is -0.121. The number of amides is 2. The number of nitrogen functional groups attached to an aromatic ring is 1. The number of thioether (sulfide) groups is 1. The number of rotatable bonds is 6. The van der Waals surface area contributed by atoms with E-state index in [1.165, 1.54) is 11.8 Å². The number of carboxylic acids is 1. The van der Waals surface area contributed by atoms with E-state index in [4.69, 9.17) is 17.0 Å². The van der Waals surface area contributed by atoms with Crippen LogP contribution in [0.2, 0.25) is 0 Å². The third-order valence-electron chi connectivity index (χ3n) is 3.79. The average Bonchev–Trinajstić information content (AvgIpc) is 3.10. The van der Waals surface area contributed by atoms with Crippen molar-refractivity contribution in [2.45, 2.75) is 18.3 Å². The normalized spacial score (nSPS) is 21.5. The molecule has 11 nitrogen and oxygen atoms in total. The van der Waals surface area contributed by atoms with E-state index in [0.717, 1.165) is 16.4 Å². The number of hydrogen-bond acceptors (Lipinski definition) is 10. The predicted molar refractivity (Wildman–Crippen MR) is 101 cm³/mol. The summed E-state index contributed by atoms with van der Waals surface area (Å²) in [4.78, 5) is 46.5. The van der Waals surface area contributed by atoms with Crippen molar-refractivity contribution in [3.63, 3.8) is 0 Å². The molecule has 1 aromatic heterocycles. The summed E-state index contributed by atoms with van der Waals surface area (Å²) >= 11 is 2.13. The van der Waals surface area contributed by atoms with Crippen molar-refractivity contribution in [3.8, 4) is 12.3 Å². The van der Waals surface area contributed by atoms with Crippen LogP contribution in [0.4, 0.5) is 5.13 Å². The van der Waals surface area contributed by atoms with Crippen LogP contribution in [0, 0.1) is 12.3 Å². The van der Waals surface area contributed by atoms with Gasteiger partial charge in [0.15, 0.2) is 5.13 Å². The molecule has 1 saturated heterocycles. The molecule has 2 aliphatic rings. The van der Waals surface area contributed by atoms with Gasteiger partial charge in [0.05, 0.1) is 0 Å². The van der Waals surface area contributed by atoms with E-state index in [1.54, 1.807) is 6.92 Å². The first-order valence-corrected chi connectivity index (χ1v) is 9.69. The maximum atomic E-state index is 12.6. The summed E-state index contributed by atoms with van der Waals surface area (Å²) in [5, 5.41) is 15.2. The molecule has 0 bridgehead atoms. The molecule has 3 heterocycles. The Morgan fingerprint density at radius 3 is 2.89 bits per heavy atom. The number of terminal acetylenes is 1. The number of carbonyl (C=O) groups is 3. The molecular weight excluding hydrogens is 408 g/mol. The number of oxime groups is 1. The topological polar surface area (TPSA) is 160 Å². The number of aliphatic carboxylic acids is 1. The third kappa shape index (κ3) is 3.39. The fraction of sp³-hybridized carbons (Fsp3) is 0.333. The largest absolute Gasteiger partial charge is 0.477 e. The molecule has 146 valence electrons. The molecule has 2 aliphatic heterocycles. The Kier molecular flexibility index (Phi) is 5.52. The van der Waals surface area contributed by atoms with Crippen LogP contribution >= 0.6 is 23.3 Å². The van der Waals surface area contributed by atoms with Crippen LogP contribution in [0.5, 0.6) is 0 Å². The van der Waals surface area contributed by atoms with Crippen LogP contribution < -0.4 is 11.1 Å². The number of hydrogen-bond donors (Lipinski definition) is 3. The van der Waals surface area contributed by atoms with Crippen LogP contribution in [0.25, 0.3) is 0 Å². The van der Waals surface area contributed by atoms with Gasteiger partial charge in [0.1, 0.15) is 23.7 Å². The maximum Gasteiger partial charge on any atom is 0.353 e. The van der Waals surface area contributed by atoms with Gasteiger partial charge in [-0.05, 0) is 6.92 Å². The Balaban J connectivity index is 1.80. The summed E-state index contributed by atoms with van der Waals surface area (Å²) in [6.07, 6.45) is 5.33. The van der Waals surface area contributed by atoms with Crippen LogP contribution in [-0.4, -0.2) is 66.6 Å². The highest BCUT2D eigenvalue weighted by molar-refractivity contribution is 8.00. The van der Waals surface area contributed by atoms with Crippen molar-refractivity contribution in [1.82, 2.24) is 19.6 Å². The van der Waals surface area contributed by atoms with Gasteiger partial charge >= 0.3 is 5.97 Å². The number of nitrogens with two attached hydrogens (primary N) is 1. The first-order chi connectivity index (χ1) is 13.4. The Bertz CT molecular complexity index is 949. The number of nitrogens with zero attached hydrogens (tertiary/aromatic N) is 4. The van der Waals surface area contributed by atoms with Crippen molar-refractivity contribution >= 4 is 51.9 Å². The Labute approximate surface area is 167 Å². The zero-order valence-electron chi connectivity index (χ0n) is 14.4. The standard InChI is InChI=1S/C15H14N6O5S2/c1-3-6-5-27-13-8(12(23)21(13)9(6)14(24)25)17-11(22)7(19-26-4-2)10-18-15(16)28-20-10/h1,8,13H,4-5H2,2H3,(H,17,22)(H,24,25)(H2,16,18,20)/t8?,13-/m1/s1. The van der Waals surface area contributed by atoms with E-state index in [0.29, 0.717) is 0 Å². The Morgan fingerprint density at radius 2 is 2.32 bits per heavy atom. The molecule has 2 amide bonds. The van der Waals surface area contributed by atoms with Crippen LogP contribution in [0.3, 0.4) is 0 Å². The van der Waals surface area contributed by atoms with Gasteiger partial charge in [-0.15, -0.1) is 18.2 Å². The molecule has 0 aromatic carbocycles. The van der Waals surface area contributed by atoms with Gasteiger partial charge in [-0.3, -0.25) is 14.5 Å². The third-order valence-corrected chi connectivity index (χ3v) is 5.61. The first-order valence-electron chi connectivity index (χ1n) is 7.87. The van der Waals surface area contributed by atoms with Crippen LogP contribution in [-0.2, 0) is 19.2 Å². The molecule has 0 aliphatic carbocycles. The van der Waals surface area contributed by atoms with E-state index in [-0.39, 0.29) is 40.3 Å². The highest BCUT2D eigenvalue weighted by Gasteiger charge is 2.54. The first kappa shape index (κ1) is 19.6. The maximum absolute atomic E-state index is 12.6. The number of nitrogens with one attached hydrogen (secondary N) is 1. The lowest BCUT2D eigenvalue weighted by Crippen LogP contribution is -2.71. The van der Waals surface area contributed by atoms with E-state index in [2.05, 4.69) is 25.8 Å². The van der Waals surface area contributed by atoms with E-state index in [9.17, 15) is 19.5 Å². The lowest BCUT2D eigenvalue weighted by molar-refractivity contribution is -0.150. The van der Waals surface area contributed by atoms with Gasteiger partial charge in [-0.2, -0.15) is 9.36 Å². The molecule has 13 heteroatoms. The lowest BCUT2D eigenvalue weighted by Gasteiger charge is -2.48. The molecule has 1 unspecified atom stereocenters. The Hall–Kier alpha value is -3.11. The highest BCUT2D eigenvalue weighted by atomic mass is 32.2. The van der Waals surface area contributed by atoms with E-state index in [1.807, 2.05) is 0 Å². The van der Waals surface area contributed by atoms with Crippen molar-refractivity contribution < 1.29 is 24.3 Å². The SMILES string of the molecule is C#CC1=C(C(=O)O)N2C(=O)C(NC(=O)C(=NOCC)c3nsc(N)n3)[C@H]2SC1. The molecule has 0 radical (unpaired) electrons. The zero-order chi connectivity index (χ0) is 20.4. The second-order valence-electron chi connectivity index (χ2n) is 5.45. The second-order valence-corrected chi connectivity index (χ2v) is 7.34. The molecule has 0 spiro atoms. The molecule has 28 heavy (non-hydrogen) atoms. The van der Waals surface area contributed by atoms with Gasteiger partial charge in [0.2, 0.25) is 11.5 Å². The van der Waals surface area contributed by atoms with Crippen molar-refractivity contribution in [2.75, 3.05) is 18.1 Å². The van der Waals surface area contributed by atoms with Crippen molar-refractivity contribution in [1.29, 1.82) is 0 Å². The predicted octanol–water partition coefficient (Wildman–Crippen LogP) is -0.767. The number of carboxylic acid groups (broad SMARTS) is 1. The van der Waals surface area contributed by atoms with Gasteiger partial charge in [-0.1, -0.05) is 11.1 Å². The minimum absolute atomic E-state index is 0.0332. The highest BCUT2D eigenvalue weighted by Crippen LogP contribution is 2.40. The smallest absolute Gasteiger partial charge is 0.353 e. The number of aromatic nitrogens is 2. The van der Waals surface area contributed by atoms with Crippen LogP contribution in [0.15, 0.2) is 16.4 Å². The zero-order valence-corrected chi connectivity index (χ0v) is 16.0. The van der Waals surface area contributed by atoms with Gasteiger partial charge in [-0.25, -0.2) is 4.79 Å². The fourth-order valence-electron chi connectivity index (χ4n) is 2.58. The summed E-state index contributed by atoms with van der Waals surface area (Å²) < 4.78 is 3.92. The average molecular weight is 422 g/mol. The molecule has 4 N–H and O–H groups in total. The second kappa shape index (κ2) is 7.87. The summed E-state index contributed by atoms with van der Waals surface area (Å²) in [5.41, 5.74) is 5.28. The Morgan fingerprint density at radius 1 is 1.57 bits per heavy atom. The van der Waals surface area contributed by atoms with Gasteiger partial charge in [0, 0.05) is 22.9 Å². The van der Waals surface area contributed by atoms with Crippen LogP contribution in [0.1, 0.15) is 12.7 Å². The lowest BCUT2D eigenvalue weighted by atomic mass is 10.0. The molecular formula is C15H14N6O5S2. The summed E-state index contributed by atoms with van der Waals surface area (Å²) in [6, 6.07) is -0.950.